The lowest BCUT2D eigenvalue weighted by atomic mass is 10.1. The lowest BCUT2D eigenvalue weighted by Gasteiger charge is -2.07. The zero-order valence-electron chi connectivity index (χ0n) is 7.24. The van der Waals surface area contributed by atoms with Crippen LogP contribution < -0.4 is 0 Å². The van der Waals surface area contributed by atoms with E-state index >= 15 is 0 Å². The zero-order valence-corrected chi connectivity index (χ0v) is 8.75. The molecule has 1 rings (SSSR count). The van der Waals surface area contributed by atoms with E-state index in [1.807, 2.05) is 0 Å². The number of Topliss-reactive ketones (excluding diaryl/α,β-unsaturated/α-hetero) is 1. The van der Waals surface area contributed by atoms with Crippen LogP contribution in [0.4, 0.5) is 13.2 Å². The third kappa shape index (κ3) is 3.39. The van der Waals surface area contributed by atoms with Gasteiger partial charge in [-0.1, -0.05) is 17.7 Å². The maximum atomic E-state index is 12.6. The number of benzene rings is 1. The topological polar surface area (TPSA) is 17.1 Å². The maximum absolute atomic E-state index is 12.6. The fourth-order valence-corrected chi connectivity index (χ4v) is 1.24. The van der Waals surface area contributed by atoms with E-state index < -0.39 is 23.4 Å². The summed E-state index contributed by atoms with van der Waals surface area (Å²) in [5.41, 5.74) is 0.114. The first kappa shape index (κ1) is 12.3. The van der Waals surface area contributed by atoms with Crippen molar-refractivity contribution in [2.45, 2.75) is 11.8 Å². The molecule has 0 heterocycles. The Morgan fingerprint density at radius 1 is 1.40 bits per heavy atom. The minimum atomic E-state index is -3.92. The highest BCUT2D eigenvalue weighted by atomic mass is 35.5. The lowest BCUT2D eigenvalue weighted by molar-refractivity contribution is -0.132. The molecule has 0 radical (unpaired) electrons. The molecule has 0 unspecified atom stereocenters. The average molecular weight is 257 g/mol. The van der Waals surface area contributed by atoms with E-state index in [-0.39, 0.29) is 10.6 Å². The highest BCUT2D eigenvalue weighted by molar-refractivity contribution is 6.34. The summed E-state index contributed by atoms with van der Waals surface area (Å²) in [6.07, 6.45) is -0.629. The Hall–Kier alpha value is -0.740. The van der Waals surface area contributed by atoms with E-state index in [4.69, 9.17) is 11.6 Å². The summed E-state index contributed by atoms with van der Waals surface area (Å²) in [7, 11) is 0. The molecule has 0 saturated carbocycles. The van der Waals surface area contributed by atoms with Crippen LogP contribution in [0.3, 0.4) is 0 Å². The van der Waals surface area contributed by atoms with Crippen molar-refractivity contribution in [1.82, 2.24) is 0 Å². The fraction of sp³-hybridized carbons (Fsp3) is 0.222. The smallest absolute Gasteiger partial charge is 0.291 e. The van der Waals surface area contributed by atoms with Gasteiger partial charge in [0.2, 0.25) is 5.78 Å². The molecule has 15 heavy (non-hydrogen) atoms. The SMILES string of the molecule is O=C(Cc1ccc(F)cc1Cl)C(F)(F)Cl. The molecule has 0 saturated heterocycles. The van der Waals surface area contributed by atoms with E-state index in [9.17, 15) is 18.0 Å². The number of carbonyl (C=O) groups is 1. The van der Waals surface area contributed by atoms with E-state index in [0.29, 0.717) is 0 Å². The Balaban J connectivity index is 2.87. The van der Waals surface area contributed by atoms with Crippen LogP contribution >= 0.6 is 23.2 Å². The van der Waals surface area contributed by atoms with Crippen LogP contribution in [0.1, 0.15) is 5.56 Å². The van der Waals surface area contributed by atoms with Crippen molar-refractivity contribution in [2.75, 3.05) is 0 Å². The molecule has 0 amide bonds. The second kappa shape index (κ2) is 4.41. The molecule has 0 aliphatic rings. The Morgan fingerprint density at radius 2 is 2.00 bits per heavy atom. The molecular weight excluding hydrogens is 252 g/mol. The van der Waals surface area contributed by atoms with Gasteiger partial charge in [-0.25, -0.2) is 4.39 Å². The van der Waals surface area contributed by atoms with E-state index in [2.05, 4.69) is 11.6 Å². The van der Waals surface area contributed by atoms with Crippen LogP contribution in [0.5, 0.6) is 0 Å². The highest BCUT2D eigenvalue weighted by Crippen LogP contribution is 2.25. The monoisotopic (exact) mass is 256 g/mol. The minimum Gasteiger partial charge on any atom is -0.291 e. The van der Waals surface area contributed by atoms with Crippen molar-refractivity contribution < 1.29 is 18.0 Å². The number of hydrogen-bond acceptors (Lipinski definition) is 1. The van der Waals surface area contributed by atoms with Gasteiger partial charge in [-0.3, -0.25) is 4.79 Å². The van der Waals surface area contributed by atoms with Crippen molar-refractivity contribution in [3.05, 3.63) is 34.6 Å². The second-order valence-corrected chi connectivity index (χ2v) is 3.72. The quantitative estimate of drug-likeness (QED) is 0.758. The van der Waals surface area contributed by atoms with Gasteiger partial charge in [0, 0.05) is 11.4 Å². The van der Waals surface area contributed by atoms with Crippen LogP contribution in [0, 0.1) is 5.82 Å². The van der Waals surface area contributed by atoms with Gasteiger partial charge in [-0.05, 0) is 29.3 Å². The van der Waals surface area contributed by atoms with Gasteiger partial charge < -0.3 is 0 Å². The Kier molecular flexibility index (Phi) is 3.62. The summed E-state index contributed by atoms with van der Waals surface area (Å²) < 4.78 is 37.2. The van der Waals surface area contributed by atoms with Crippen LogP contribution in [0.2, 0.25) is 5.02 Å². The van der Waals surface area contributed by atoms with Crippen LogP contribution in [-0.2, 0) is 11.2 Å². The lowest BCUT2D eigenvalue weighted by Crippen LogP contribution is -2.23. The molecule has 82 valence electrons. The molecule has 1 aromatic carbocycles. The van der Waals surface area contributed by atoms with Crippen molar-refractivity contribution in [3.63, 3.8) is 0 Å². The maximum Gasteiger partial charge on any atom is 0.380 e. The second-order valence-electron chi connectivity index (χ2n) is 2.83. The summed E-state index contributed by atoms with van der Waals surface area (Å²) >= 11 is 10.1. The molecule has 0 bridgehead atoms. The van der Waals surface area contributed by atoms with Gasteiger partial charge in [-0.2, -0.15) is 8.78 Å². The molecule has 6 heteroatoms. The number of alkyl halides is 3. The molecular formula is C9H5Cl2F3O. The first-order valence-electron chi connectivity index (χ1n) is 3.84. The van der Waals surface area contributed by atoms with E-state index in [0.717, 1.165) is 18.2 Å². The predicted molar refractivity (Wildman–Crippen MR) is 50.9 cm³/mol. The molecule has 1 nitrogen and oxygen atoms in total. The number of ketones is 1. The molecule has 0 atom stereocenters. The molecule has 0 spiro atoms. The largest absolute Gasteiger partial charge is 0.380 e. The molecule has 1 aromatic rings. The summed E-state index contributed by atoms with van der Waals surface area (Å²) in [6.45, 7) is 0. The van der Waals surface area contributed by atoms with E-state index in [1.54, 1.807) is 0 Å². The average Bonchev–Trinajstić information content (AvgIpc) is 2.08. The van der Waals surface area contributed by atoms with Gasteiger partial charge in [0.15, 0.2) is 0 Å². The Morgan fingerprint density at radius 3 is 2.47 bits per heavy atom. The standard InChI is InChI=1S/C9H5Cl2F3O/c10-7-4-6(12)2-1-5(7)3-8(15)9(11,13)14/h1-2,4H,3H2. The van der Waals surface area contributed by atoms with Crippen molar-refractivity contribution in [1.29, 1.82) is 0 Å². The molecule has 0 aromatic heterocycles. The number of carbonyl (C=O) groups excluding carboxylic acids is 1. The van der Waals surface area contributed by atoms with Crippen molar-refractivity contribution >= 4 is 29.0 Å². The molecule has 0 N–H and O–H groups in total. The number of rotatable bonds is 3. The predicted octanol–water partition coefficient (Wildman–Crippen LogP) is 3.42. The number of hydrogen-bond donors (Lipinski definition) is 0. The van der Waals surface area contributed by atoms with Gasteiger partial charge in [0.25, 0.3) is 0 Å². The van der Waals surface area contributed by atoms with Gasteiger partial charge in [0.05, 0.1) is 0 Å². The van der Waals surface area contributed by atoms with Gasteiger partial charge >= 0.3 is 5.38 Å². The van der Waals surface area contributed by atoms with E-state index in [1.165, 1.54) is 0 Å². The number of halogens is 5. The molecule has 0 fully saturated rings. The molecule has 0 aliphatic heterocycles. The first-order chi connectivity index (χ1) is 6.80. The van der Waals surface area contributed by atoms with Crippen LogP contribution in [0.15, 0.2) is 18.2 Å². The van der Waals surface area contributed by atoms with Crippen LogP contribution in [-0.4, -0.2) is 11.2 Å². The van der Waals surface area contributed by atoms with Gasteiger partial charge in [0.1, 0.15) is 5.82 Å². The van der Waals surface area contributed by atoms with Crippen LogP contribution in [0.25, 0.3) is 0 Å². The minimum absolute atomic E-state index is 0.0794. The summed E-state index contributed by atoms with van der Waals surface area (Å²) in [5, 5.41) is -4.00. The normalized spacial score (nSPS) is 11.5. The van der Waals surface area contributed by atoms with Gasteiger partial charge in [-0.15, -0.1) is 0 Å². The van der Waals surface area contributed by atoms with Crippen molar-refractivity contribution in [3.8, 4) is 0 Å². The summed E-state index contributed by atoms with van der Waals surface area (Å²) in [6, 6.07) is 3.13. The third-order valence-electron chi connectivity index (χ3n) is 1.68. The Labute approximate surface area is 93.8 Å². The van der Waals surface area contributed by atoms with Crippen molar-refractivity contribution in [2.24, 2.45) is 0 Å². The summed E-state index contributed by atoms with van der Waals surface area (Å²) in [5.74, 6) is -2.08. The summed E-state index contributed by atoms with van der Waals surface area (Å²) in [4.78, 5) is 10.8. The Bertz CT molecular complexity index is 387. The zero-order chi connectivity index (χ0) is 11.6. The highest BCUT2D eigenvalue weighted by Gasteiger charge is 2.35. The first-order valence-corrected chi connectivity index (χ1v) is 4.60. The molecule has 0 aliphatic carbocycles. The fourth-order valence-electron chi connectivity index (χ4n) is 0.938. The third-order valence-corrected chi connectivity index (χ3v) is 2.24.